The fourth-order valence-electron chi connectivity index (χ4n) is 2.76. The van der Waals surface area contributed by atoms with Crippen LogP contribution in [-0.4, -0.2) is 35.9 Å². The zero-order chi connectivity index (χ0) is 22.6. The number of hydrogen-bond donors (Lipinski definition) is 2. The van der Waals surface area contributed by atoms with Crippen molar-refractivity contribution < 1.29 is 21.6 Å². The summed E-state index contributed by atoms with van der Waals surface area (Å²) < 4.78 is 66.6. The lowest BCUT2D eigenvalue weighted by molar-refractivity contribution is -0.137. The first-order valence-electron chi connectivity index (χ1n) is 9.06. The van der Waals surface area contributed by atoms with E-state index in [1.54, 1.807) is 17.1 Å². The van der Waals surface area contributed by atoms with Crippen molar-refractivity contribution in [3.63, 3.8) is 0 Å². The number of halogens is 4. The maximum Gasteiger partial charge on any atom is 0.416 e. The monoisotopic (exact) mass is 473 g/mol. The standard InChI is InChI=1S/C19H19ClF3N5O2S/c1-24-31(29,30)15-8-16(17-11-28(7-6-20)12-27-17)18(26-10-15)25-9-13-2-4-14(5-3-13)19(21,22)23/h2-5,8,10-12,24H,6-7,9H2,1H3,(H,25,26). The van der Waals surface area contributed by atoms with Gasteiger partial charge in [-0.1, -0.05) is 12.1 Å². The van der Waals surface area contributed by atoms with Crippen molar-refractivity contribution in [3.8, 4) is 11.3 Å². The SMILES string of the molecule is CNS(=O)(=O)c1cnc(NCc2ccc(C(F)(F)F)cc2)c(-c2cn(CCCl)cn2)c1. The highest BCUT2D eigenvalue weighted by Gasteiger charge is 2.29. The summed E-state index contributed by atoms with van der Waals surface area (Å²) in [7, 11) is -2.44. The number of anilines is 1. The Kier molecular flexibility index (Phi) is 6.87. The van der Waals surface area contributed by atoms with Gasteiger partial charge in [-0.25, -0.2) is 23.1 Å². The van der Waals surface area contributed by atoms with E-state index < -0.39 is 21.8 Å². The van der Waals surface area contributed by atoms with E-state index >= 15 is 0 Å². The molecule has 0 atom stereocenters. The van der Waals surface area contributed by atoms with Gasteiger partial charge < -0.3 is 9.88 Å². The molecule has 0 unspecified atom stereocenters. The van der Waals surface area contributed by atoms with Crippen LogP contribution in [-0.2, 0) is 29.3 Å². The van der Waals surface area contributed by atoms with Crippen molar-refractivity contribution in [1.82, 2.24) is 19.3 Å². The Bertz CT molecular complexity index is 1150. The van der Waals surface area contributed by atoms with Gasteiger partial charge in [0.25, 0.3) is 0 Å². The minimum atomic E-state index is -4.41. The second-order valence-corrected chi connectivity index (χ2v) is 8.77. The van der Waals surface area contributed by atoms with Gasteiger partial charge in [-0.05, 0) is 30.8 Å². The van der Waals surface area contributed by atoms with Crippen molar-refractivity contribution in [3.05, 3.63) is 60.2 Å². The van der Waals surface area contributed by atoms with Crippen LogP contribution in [0.15, 0.2) is 53.9 Å². The quantitative estimate of drug-likeness (QED) is 0.487. The largest absolute Gasteiger partial charge is 0.416 e. The van der Waals surface area contributed by atoms with E-state index in [-0.39, 0.29) is 11.4 Å². The van der Waals surface area contributed by atoms with Crippen molar-refractivity contribution in [2.24, 2.45) is 0 Å². The Labute approximate surface area is 182 Å². The number of benzene rings is 1. The van der Waals surface area contributed by atoms with Crippen LogP contribution in [0.4, 0.5) is 19.0 Å². The van der Waals surface area contributed by atoms with Crippen LogP contribution in [0.1, 0.15) is 11.1 Å². The van der Waals surface area contributed by atoms with E-state index in [0.717, 1.165) is 12.1 Å². The number of sulfonamides is 1. The van der Waals surface area contributed by atoms with E-state index in [0.29, 0.717) is 35.1 Å². The number of aromatic nitrogens is 3. The minimum Gasteiger partial charge on any atom is -0.365 e. The van der Waals surface area contributed by atoms with Crippen LogP contribution in [0.3, 0.4) is 0 Å². The number of nitrogens with one attached hydrogen (secondary N) is 2. The molecule has 12 heteroatoms. The summed E-state index contributed by atoms with van der Waals surface area (Å²) in [4.78, 5) is 8.46. The fourth-order valence-corrected chi connectivity index (χ4v) is 3.66. The molecule has 31 heavy (non-hydrogen) atoms. The van der Waals surface area contributed by atoms with Gasteiger partial charge in [0.2, 0.25) is 10.0 Å². The minimum absolute atomic E-state index is 0.0445. The first-order chi connectivity index (χ1) is 14.6. The van der Waals surface area contributed by atoms with Crippen molar-refractivity contribution in [2.45, 2.75) is 24.2 Å². The van der Waals surface area contributed by atoms with Crippen LogP contribution >= 0.6 is 11.6 Å². The van der Waals surface area contributed by atoms with E-state index in [4.69, 9.17) is 11.6 Å². The second kappa shape index (κ2) is 9.25. The molecule has 3 aromatic rings. The van der Waals surface area contributed by atoms with Crippen LogP contribution in [0, 0.1) is 0 Å². The van der Waals surface area contributed by atoms with Gasteiger partial charge in [-0.3, -0.25) is 0 Å². The first-order valence-corrected chi connectivity index (χ1v) is 11.1. The Hall–Kier alpha value is -2.63. The highest BCUT2D eigenvalue weighted by Crippen LogP contribution is 2.30. The van der Waals surface area contributed by atoms with Gasteiger partial charge in [0.05, 0.1) is 17.6 Å². The molecule has 0 aliphatic heterocycles. The molecule has 3 rings (SSSR count). The Balaban J connectivity index is 1.91. The maximum absolute atomic E-state index is 12.7. The second-order valence-electron chi connectivity index (χ2n) is 6.51. The maximum atomic E-state index is 12.7. The summed E-state index contributed by atoms with van der Waals surface area (Å²) in [6, 6.07) is 6.17. The van der Waals surface area contributed by atoms with Crippen LogP contribution in [0.5, 0.6) is 0 Å². The van der Waals surface area contributed by atoms with Crippen molar-refractivity contribution in [1.29, 1.82) is 0 Å². The molecule has 2 aromatic heterocycles. The molecule has 2 N–H and O–H groups in total. The van der Waals surface area contributed by atoms with Crippen molar-refractivity contribution >= 4 is 27.4 Å². The number of rotatable bonds is 8. The number of imidazole rings is 1. The van der Waals surface area contributed by atoms with Crippen LogP contribution < -0.4 is 10.0 Å². The lowest BCUT2D eigenvalue weighted by Crippen LogP contribution is -2.19. The van der Waals surface area contributed by atoms with Gasteiger partial charge >= 0.3 is 6.18 Å². The van der Waals surface area contributed by atoms with E-state index in [1.807, 2.05) is 0 Å². The average molecular weight is 474 g/mol. The Morgan fingerprint density at radius 3 is 2.48 bits per heavy atom. The molecule has 0 amide bonds. The number of hydrogen-bond acceptors (Lipinski definition) is 5. The third-order valence-electron chi connectivity index (χ3n) is 4.43. The average Bonchev–Trinajstić information content (AvgIpc) is 3.20. The zero-order valence-electron chi connectivity index (χ0n) is 16.3. The third-order valence-corrected chi connectivity index (χ3v) is 5.99. The fraction of sp³-hybridized carbons (Fsp3) is 0.263. The van der Waals surface area contributed by atoms with Gasteiger partial charge in [0, 0.05) is 36.9 Å². The molecule has 0 aliphatic rings. The van der Waals surface area contributed by atoms with E-state index in [1.165, 1.54) is 31.4 Å². The number of aryl methyl sites for hydroxylation is 1. The summed E-state index contributed by atoms with van der Waals surface area (Å²) in [6.07, 6.45) is 0.0619. The number of nitrogens with zero attached hydrogens (tertiary/aromatic N) is 3. The van der Waals surface area contributed by atoms with Crippen molar-refractivity contribution in [2.75, 3.05) is 18.2 Å². The highest BCUT2D eigenvalue weighted by atomic mass is 35.5. The van der Waals surface area contributed by atoms with E-state index in [9.17, 15) is 21.6 Å². The summed E-state index contributed by atoms with van der Waals surface area (Å²) in [5.74, 6) is 0.715. The van der Waals surface area contributed by atoms with Crippen LogP contribution in [0.25, 0.3) is 11.3 Å². The summed E-state index contributed by atoms with van der Waals surface area (Å²) >= 11 is 5.75. The highest BCUT2D eigenvalue weighted by molar-refractivity contribution is 7.89. The number of pyridine rings is 1. The van der Waals surface area contributed by atoms with E-state index in [2.05, 4.69) is 20.0 Å². The van der Waals surface area contributed by atoms with Gasteiger partial charge in [0.1, 0.15) is 10.7 Å². The molecule has 0 saturated carbocycles. The zero-order valence-corrected chi connectivity index (χ0v) is 17.9. The predicted molar refractivity (Wildman–Crippen MR) is 111 cm³/mol. The smallest absolute Gasteiger partial charge is 0.365 e. The van der Waals surface area contributed by atoms with Crippen LogP contribution in [0.2, 0.25) is 0 Å². The molecule has 7 nitrogen and oxygen atoms in total. The first kappa shape index (κ1) is 23.0. The lowest BCUT2D eigenvalue weighted by Gasteiger charge is -2.13. The third kappa shape index (κ3) is 5.54. The Morgan fingerprint density at radius 2 is 1.87 bits per heavy atom. The number of alkyl halides is 4. The summed E-state index contributed by atoms with van der Waals surface area (Å²) in [5.41, 5.74) is 0.763. The summed E-state index contributed by atoms with van der Waals surface area (Å²) in [6.45, 7) is 0.698. The lowest BCUT2D eigenvalue weighted by atomic mass is 10.1. The van der Waals surface area contributed by atoms with Gasteiger partial charge in [-0.15, -0.1) is 11.6 Å². The van der Waals surface area contributed by atoms with Gasteiger partial charge in [0.15, 0.2) is 0 Å². The topological polar surface area (TPSA) is 88.9 Å². The molecule has 2 heterocycles. The molecule has 0 fully saturated rings. The summed E-state index contributed by atoms with van der Waals surface area (Å²) in [5, 5.41) is 3.04. The molecule has 0 radical (unpaired) electrons. The Morgan fingerprint density at radius 1 is 1.16 bits per heavy atom. The normalized spacial score (nSPS) is 12.2. The molecule has 0 spiro atoms. The molecular weight excluding hydrogens is 455 g/mol. The molecule has 0 aliphatic carbocycles. The van der Waals surface area contributed by atoms with Gasteiger partial charge in [-0.2, -0.15) is 13.2 Å². The molecule has 1 aromatic carbocycles. The molecular formula is C19H19ClF3N5O2S. The molecule has 166 valence electrons. The molecule has 0 saturated heterocycles. The predicted octanol–water partition coefficient (Wildman–Crippen LogP) is 3.72. The molecule has 0 bridgehead atoms.